The number of hydrogen-bond acceptors (Lipinski definition) is 4. The van der Waals surface area contributed by atoms with Crippen molar-refractivity contribution >= 4 is 39.8 Å². The number of ether oxygens (including phenoxy) is 1. The van der Waals surface area contributed by atoms with E-state index in [0.717, 1.165) is 24.8 Å². The van der Waals surface area contributed by atoms with Crippen LogP contribution in [0, 0.1) is 11.3 Å². The molecule has 2 rings (SSSR count). The van der Waals surface area contributed by atoms with Gasteiger partial charge in [0.1, 0.15) is 10.9 Å². The van der Waals surface area contributed by atoms with Crippen LogP contribution in [0.4, 0.5) is 5.00 Å². The molecule has 1 aliphatic rings. The molecule has 1 N–H and O–H groups in total. The van der Waals surface area contributed by atoms with Gasteiger partial charge in [0, 0.05) is 4.88 Å². The second-order valence-corrected chi connectivity index (χ2v) is 8.06. The summed E-state index contributed by atoms with van der Waals surface area (Å²) in [5.41, 5.74) is 1.77. The van der Waals surface area contributed by atoms with E-state index < -0.39 is 5.97 Å². The largest absolute Gasteiger partial charge is 0.465 e. The minimum absolute atomic E-state index is 0.131. The van der Waals surface area contributed by atoms with E-state index in [1.165, 1.54) is 23.3 Å². The van der Waals surface area contributed by atoms with Crippen molar-refractivity contribution < 1.29 is 14.3 Å². The van der Waals surface area contributed by atoms with Crippen LogP contribution >= 0.6 is 22.9 Å². The Kier molecular flexibility index (Phi) is 5.17. The van der Waals surface area contributed by atoms with Crippen LogP contribution in [-0.2, 0) is 22.4 Å². The SMILES string of the molecule is COC(=O)c1c(NC(=O)CCl)sc2c1CC[C@H](C(C)(C)C)C2. The number of nitrogens with one attached hydrogen (secondary N) is 1. The molecular weight excluding hydrogens is 322 g/mol. The van der Waals surface area contributed by atoms with Crippen LogP contribution in [0.25, 0.3) is 0 Å². The van der Waals surface area contributed by atoms with Gasteiger partial charge in [-0.05, 0) is 36.2 Å². The first-order chi connectivity index (χ1) is 10.3. The fourth-order valence-electron chi connectivity index (χ4n) is 2.89. The predicted octanol–water partition coefficient (Wildman–Crippen LogP) is 3.86. The molecule has 1 aromatic heterocycles. The van der Waals surface area contributed by atoms with Crippen molar-refractivity contribution in [2.75, 3.05) is 18.3 Å². The highest BCUT2D eigenvalue weighted by Gasteiger charge is 2.34. The number of fused-ring (bicyclic) bond motifs is 1. The zero-order valence-electron chi connectivity index (χ0n) is 13.4. The number of rotatable bonds is 3. The topological polar surface area (TPSA) is 55.4 Å². The van der Waals surface area contributed by atoms with Crippen molar-refractivity contribution in [3.05, 3.63) is 16.0 Å². The monoisotopic (exact) mass is 343 g/mol. The lowest BCUT2D eigenvalue weighted by Crippen LogP contribution is -2.26. The summed E-state index contributed by atoms with van der Waals surface area (Å²) in [6, 6.07) is 0. The van der Waals surface area contributed by atoms with Crippen LogP contribution < -0.4 is 5.32 Å². The quantitative estimate of drug-likeness (QED) is 0.669. The molecule has 1 aromatic rings. The van der Waals surface area contributed by atoms with E-state index in [9.17, 15) is 9.59 Å². The first-order valence-corrected chi connectivity index (χ1v) is 8.71. The molecule has 0 saturated carbocycles. The summed E-state index contributed by atoms with van der Waals surface area (Å²) in [6.45, 7) is 6.73. The zero-order chi connectivity index (χ0) is 16.5. The van der Waals surface area contributed by atoms with Crippen LogP contribution in [-0.4, -0.2) is 24.9 Å². The standard InChI is InChI=1S/C16H22ClNO3S/c1-16(2,3)9-5-6-10-11(7-9)22-14(18-12(19)8-17)13(10)15(20)21-4/h9H,5-8H2,1-4H3,(H,18,19)/t9-/m0/s1. The number of anilines is 1. The van der Waals surface area contributed by atoms with Gasteiger partial charge in [-0.1, -0.05) is 20.8 Å². The average molecular weight is 344 g/mol. The zero-order valence-corrected chi connectivity index (χ0v) is 15.0. The fourth-order valence-corrected chi connectivity index (χ4v) is 4.29. The van der Waals surface area contributed by atoms with Crippen molar-refractivity contribution in [3.8, 4) is 0 Å². The molecule has 22 heavy (non-hydrogen) atoms. The maximum Gasteiger partial charge on any atom is 0.341 e. The van der Waals surface area contributed by atoms with Crippen LogP contribution in [0.2, 0.25) is 0 Å². The van der Waals surface area contributed by atoms with E-state index in [0.29, 0.717) is 16.5 Å². The lowest BCUT2D eigenvalue weighted by molar-refractivity contribution is -0.113. The Morgan fingerprint density at radius 2 is 2.09 bits per heavy atom. The molecule has 1 heterocycles. The Balaban J connectivity index is 2.39. The minimum atomic E-state index is -0.392. The molecule has 4 nitrogen and oxygen atoms in total. The Labute approximate surface area is 140 Å². The molecule has 1 amide bonds. The van der Waals surface area contributed by atoms with Gasteiger partial charge in [-0.25, -0.2) is 4.79 Å². The maximum atomic E-state index is 12.1. The number of esters is 1. The number of alkyl halides is 1. The van der Waals surface area contributed by atoms with E-state index in [-0.39, 0.29) is 17.2 Å². The Bertz CT molecular complexity index is 589. The van der Waals surface area contributed by atoms with Crippen molar-refractivity contribution in [1.82, 2.24) is 0 Å². The van der Waals surface area contributed by atoms with Gasteiger partial charge in [0.25, 0.3) is 0 Å². The maximum absolute atomic E-state index is 12.1. The lowest BCUT2D eigenvalue weighted by Gasteiger charge is -2.33. The molecule has 122 valence electrons. The van der Waals surface area contributed by atoms with Gasteiger partial charge >= 0.3 is 5.97 Å². The van der Waals surface area contributed by atoms with E-state index in [1.807, 2.05) is 0 Å². The predicted molar refractivity (Wildman–Crippen MR) is 90.0 cm³/mol. The number of amides is 1. The molecule has 1 aliphatic carbocycles. The molecule has 0 saturated heterocycles. The highest BCUT2D eigenvalue weighted by Crippen LogP contribution is 2.44. The molecule has 0 radical (unpaired) electrons. The first-order valence-electron chi connectivity index (χ1n) is 7.36. The van der Waals surface area contributed by atoms with Gasteiger partial charge in [0.05, 0.1) is 12.7 Å². The van der Waals surface area contributed by atoms with Gasteiger partial charge in [0.15, 0.2) is 0 Å². The summed E-state index contributed by atoms with van der Waals surface area (Å²) in [5.74, 6) is -0.261. The van der Waals surface area contributed by atoms with E-state index in [1.54, 1.807) is 0 Å². The Morgan fingerprint density at radius 3 is 2.64 bits per heavy atom. The molecule has 0 aromatic carbocycles. The molecule has 6 heteroatoms. The summed E-state index contributed by atoms with van der Waals surface area (Å²) in [7, 11) is 1.36. The van der Waals surface area contributed by atoms with E-state index in [2.05, 4.69) is 26.1 Å². The molecule has 0 unspecified atom stereocenters. The molecule has 0 bridgehead atoms. The van der Waals surface area contributed by atoms with Crippen LogP contribution in [0.15, 0.2) is 0 Å². The van der Waals surface area contributed by atoms with Gasteiger partial charge in [-0.15, -0.1) is 22.9 Å². The molecule has 0 spiro atoms. The normalized spacial score (nSPS) is 17.8. The van der Waals surface area contributed by atoms with Crippen molar-refractivity contribution in [3.63, 3.8) is 0 Å². The summed E-state index contributed by atoms with van der Waals surface area (Å²) in [5, 5.41) is 3.30. The number of thiophene rings is 1. The van der Waals surface area contributed by atoms with Gasteiger partial charge in [-0.2, -0.15) is 0 Å². The Morgan fingerprint density at radius 1 is 1.41 bits per heavy atom. The second-order valence-electron chi connectivity index (χ2n) is 6.69. The van der Waals surface area contributed by atoms with Crippen LogP contribution in [0.5, 0.6) is 0 Å². The average Bonchev–Trinajstić information content (AvgIpc) is 2.82. The van der Waals surface area contributed by atoms with Crippen LogP contribution in [0.1, 0.15) is 48.0 Å². The number of methoxy groups -OCH3 is 1. The molecular formula is C16H22ClNO3S. The molecule has 1 atom stereocenters. The van der Waals surface area contributed by atoms with Crippen molar-refractivity contribution in [2.45, 2.75) is 40.0 Å². The first kappa shape index (κ1) is 17.3. The number of carbonyl (C=O) groups excluding carboxylic acids is 2. The third-order valence-corrected chi connectivity index (χ3v) is 5.67. The van der Waals surface area contributed by atoms with Gasteiger partial charge in [0.2, 0.25) is 5.91 Å². The third-order valence-electron chi connectivity index (χ3n) is 4.25. The third kappa shape index (κ3) is 3.46. The van der Waals surface area contributed by atoms with Crippen molar-refractivity contribution in [1.29, 1.82) is 0 Å². The molecule has 0 fully saturated rings. The number of hydrogen-bond donors (Lipinski definition) is 1. The second kappa shape index (κ2) is 6.59. The van der Waals surface area contributed by atoms with Crippen LogP contribution in [0.3, 0.4) is 0 Å². The lowest BCUT2D eigenvalue weighted by atomic mass is 9.72. The summed E-state index contributed by atoms with van der Waals surface area (Å²) >= 11 is 7.03. The molecule has 0 aliphatic heterocycles. The highest BCUT2D eigenvalue weighted by molar-refractivity contribution is 7.17. The Hall–Kier alpha value is -1.07. The number of halogens is 1. The highest BCUT2D eigenvalue weighted by atomic mass is 35.5. The summed E-state index contributed by atoms with van der Waals surface area (Å²) in [4.78, 5) is 24.9. The fraction of sp³-hybridized carbons (Fsp3) is 0.625. The van der Waals surface area contributed by atoms with Gasteiger partial charge in [-0.3, -0.25) is 4.79 Å². The summed E-state index contributed by atoms with van der Waals surface area (Å²) in [6.07, 6.45) is 2.82. The van der Waals surface area contributed by atoms with E-state index >= 15 is 0 Å². The smallest absolute Gasteiger partial charge is 0.341 e. The van der Waals surface area contributed by atoms with E-state index in [4.69, 9.17) is 16.3 Å². The number of carbonyl (C=O) groups is 2. The summed E-state index contributed by atoms with van der Waals surface area (Å²) < 4.78 is 4.89. The van der Waals surface area contributed by atoms with Crippen molar-refractivity contribution in [2.24, 2.45) is 11.3 Å². The minimum Gasteiger partial charge on any atom is -0.465 e. The van der Waals surface area contributed by atoms with Gasteiger partial charge < -0.3 is 10.1 Å².